The first-order chi connectivity index (χ1) is 9.84. The molecule has 0 saturated carbocycles. The van der Waals surface area contributed by atoms with Gasteiger partial charge in [0.05, 0.1) is 10.8 Å². The molecule has 0 aromatic heterocycles. The highest BCUT2D eigenvalue weighted by atomic mass is 16.4. The number of carbonyl (C=O) groups is 2. The first-order valence-corrected chi connectivity index (χ1v) is 7.95. The molecular weight excluding hydrogens is 268 g/mol. The van der Waals surface area contributed by atoms with Gasteiger partial charge in [-0.05, 0) is 32.1 Å². The van der Waals surface area contributed by atoms with Crippen molar-refractivity contribution in [1.82, 2.24) is 0 Å². The van der Waals surface area contributed by atoms with Crippen LogP contribution in [0.1, 0.15) is 65.7 Å². The van der Waals surface area contributed by atoms with E-state index in [4.69, 9.17) is 0 Å². The Hall–Kier alpha value is -1.32. The van der Waals surface area contributed by atoms with Gasteiger partial charge in [0, 0.05) is 0 Å². The van der Waals surface area contributed by atoms with E-state index >= 15 is 0 Å². The van der Waals surface area contributed by atoms with Crippen LogP contribution in [0.4, 0.5) is 0 Å². The van der Waals surface area contributed by atoms with Crippen LogP contribution in [0, 0.1) is 16.7 Å². The predicted octanol–water partition coefficient (Wildman–Crippen LogP) is 4.10. The van der Waals surface area contributed by atoms with Crippen molar-refractivity contribution in [2.24, 2.45) is 16.7 Å². The van der Waals surface area contributed by atoms with E-state index in [1.807, 2.05) is 12.2 Å². The fourth-order valence-electron chi connectivity index (χ4n) is 3.47. The molecule has 21 heavy (non-hydrogen) atoms. The lowest BCUT2D eigenvalue weighted by molar-refractivity contribution is -0.175. The Morgan fingerprint density at radius 3 is 2.24 bits per heavy atom. The molecule has 0 aliphatic heterocycles. The Bertz CT molecular complexity index is 415. The summed E-state index contributed by atoms with van der Waals surface area (Å²) >= 11 is 0. The first kappa shape index (κ1) is 17.7. The molecule has 3 atom stereocenters. The number of hydrogen-bond donors (Lipinski definition) is 2. The quantitative estimate of drug-likeness (QED) is 0.661. The van der Waals surface area contributed by atoms with Crippen LogP contribution < -0.4 is 0 Å². The number of rotatable bonds is 8. The van der Waals surface area contributed by atoms with Crippen LogP contribution in [0.2, 0.25) is 0 Å². The van der Waals surface area contributed by atoms with E-state index in [0.717, 1.165) is 25.7 Å². The molecule has 1 aliphatic rings. The summed E-state index contributed by atoms with van der Waals surface area (Å²) in [5.41, 5.74) is -2.42. The number of carboxylic acids is 2. The molecule has 0 radical (unpaired) electrons. The molecule has 0 heterocycles. The maximum atomic E-state index is 12.0. The summed E-state index contributed by atoms with van der Waals surface area (Å²) in [6.45, 7) is 5.77. The second-order valence-electron chi connectivity index (χ2n) is 6.52. The van der Waals surface area contributed by atoms with Crippen molar-refractivity contribution in [3.63, 3.8) is 0 Å². The van der Waals surface area contributed by atoms with Gasteiger partial charge in [0.15, 0.2) is 0 Å². The second-order valence-corrected chi connectivity index (χ2v) is 6.52. The van der Waals surface area contributed by atoms with Crippen LogP contribution in [0.25, 0.3) is 0 Å². The average Bonchev–Trinajstić information content (AvgIpc) is 2.45. The van der Waals surface area contributed by atoms with E-state index in [0.29, 0.717) is 19.3 Å². The number of hydrogen-bond acceptors (Lipinski definition) is 2. The van der Waals surface area contributed by atoms with Gasteiger partial charge in [0.2, 0.25) is 0 Å². The first-order valence-electron chi connectivity index (χ1n) is 7.95. The van der Waals surface area contributed by atoms with Crippen LogP contribution in [-0.4, -0.2) is 22.2 Å². The fourth-order valence-corrected chi connectivity index (χ4v) is 3.47. The third-order valence-electron chi connectivity index (χ3n) is 5.28. The largest absolute Gasteiger partial charge is 0.481 e. The maximum Gasteiger partial charge on any atom is 0.311 e. The SMILES string of the molecule is CCCCC(CC)CC1(C(=O)O)CC=CCC1(C)C(=O)O. The topological polar surface area (TPSA) is 74.6 Å². The van der Waals surface area contributed by atoms with E-state index < -0.39 is 22.8 Å². The Kier molecular flexibility index (Phi) is 5.99. The van der Waals surface area contributed by atoms with Gasteiger partial charge in [-0.15, -0.1) is 0 Å². The summed E-state index contributed by atoms with van der Waals surface area (Å²) < 4.78 is 0. The number of aliphatic carboxylic acids is 2. The minimum Gasteiger partial charge on any atom is -0.481 e. The summed E-state index contributed by atoms with van der Waals surface area (Å²) in [5.74, 6) is -1.70. The van der Waals surface area contributed by atoms with Crippen molar-refractivity contribution in [2.45, 2.75) is 65.7 Å². The third-order valence-corrected chi connectivity index (χ3v) is 5.28. The number of allylic oxidation sites excluding steroid dienone is 2. The van der Waals surface area contributed by atoms with Crippen molar-refractivity contribution in [2.75, 3.05) is 0 Å². The van der Waals surface area contributed by atoms with Gasteiger partial charge < -0.3 is 10.2 Å². The molecule has 1 rings (SSSR count). The highest BCUT2D eigenvalue weighted by Gasteiger charge is 2.58. The molecule has 4 nitrogen and oxygen atoms in total. The maximum absolute atomic E-state index is 12.0. The van der Waals surface area contributed by atoms with Crippen molar-refractivity contribution < 1.29 is 19.8 Å². The molecule has 0 spiro atoms. The summed E-state index contributed by atoms with van der Waals surface area (Å²) in [6, 6.07) is 0. The van der Waals surface area contributed by atoms with E-state index in [1.54, 1.807) is 6.92 Å². The molecule has 2 N–H and O–H groups in total. The van der Waals surface area contributed by atoms with Crippen molar-refractivity contribution in [3.8, 4) is 0 Å². The number of unbranched alkanes of at least 4 members (excludes halogenated alkanes) is 1. The average molecular weight is 296 g/mol. The van der Waals surface area contributed by atoms with Gasteiger partial charge in [-0.3, -0.25) is 9.59 Å². The Labute approximate surface area is 127 Å². The standard InChI is InChI=1S/C17H28O4/c1-4-6-9-13(5-2)12-17(15(20)21)11-8-7-10-16(17,3)14(18)19/h7-8,13H,4-6,9-12H2,1-3H3,(H,18,19)(H,20,21). The highest BCUT2D eigenvalue weighted by molar-refractivity contribution is 5.87. The van der Waals surface area contributed by atoms with Crippen molar-refractivity contribution in [1.29, 1.82) is 0 Å². The zero-order valence-corrected chi connectivity index (χ0v) is 13.4. The van der Waals surface area contributed by atoms with Crippen molar-refractivity contribution >= 4 is 11.9 Å². The van der Waals surface area contributed by atoms with Gasteiger partial charge >= 0.3 is 11.9 Å². The van der Waals surface area contributed by atoms with Crippen LogP contribution in [-0.2, 0) is 9.59 Å². The Morgan fingerprint density at radius 2 is 1.76 bits per heavy atom. The fraction of sp³-hybridized carbons (Fsp3) is 0.765. The van der Waals surface area contributed by atoms with Gasteiger partial charge in [-0.2, -0.15) is 0 Å². The molecule has 0 bridgehead atoms. The molecule has 0 fully saturated rings. The molecule has 0 aromatic carbocycles. The van der Waals surface area contributed by atoms with Crippen LogP contribution in [0.15, 0.2) is 12.2 Å². The zero-order chi connectivity index (χ0) is 16.1. The molecular formula is C17H28O4. The molecule has 120 valence electrons. The Morgan fingerprint density at radius 1 is 1.14 bits per heavy atom. The smallest absolute Gasteiger partial charge is 0.311 e. The zero-order valence-electron chi connectivity index (χ0n) is 13.4. The van der Waals surface area contributed by atoms with Gasteiger partial charge in [0.25, 0.3) is 0 Å². The summed E-state index contributed by atoms with van der Waals surface area (Å²) in [5, 5.41) is 19.5. The minimum absolute atomic E-state index is 0.270. The molecule has 3 unspecified atom stereocenters. The summed E-state index contributed by atoms with van der Waals surface area (Å²) in [4.78, 5) is 23.8. The van der Waals surface area contributed by atoms with E-state index in [2.05, 4.69) is 13.8 Å². The predicted molar refractivity (Wildman–Crippen MR) is 82.1 cm³/mol. The van der Waals surface area contributed by atoms with E-state index in [1.165, 1.54) is 0 Å². The molecule has 0 aromatic rings. The van der Waals surface area contributed by atoms with E-state index in [9.17, 15) is 19.8 Å². The van der Waals surface area contributed by atoms with Gasteiger partial charge in [-0.1, -0.05) is 51.7 Å². The van der Waals surface area contributed by atoms with Crippen LogP contribution in [0.5, 0.6) is 0 Å². The molecule has 0 saturated heterocycles. The monoisotopic (exact) mass is 296 g/mol. The molecule has 1 aliphatic carbocycles. The summed E-state index contributed by atoms with van der Waals surface area (Å²) in [6.07, 6.45) is 8.71. The highest BCUT2D eigenvalue weighted by Crippen LogP contribution is 2.53. The van der Waals surface area contributed by atoms with Crippen LogP contribution in [0.3, 0.4) is 0 Å². The second kappa shape index (κ2) is 7.10. The Balaban J connectivity index is 3.14. The van der Waals surface area contributed by atoms with Gasteiger partial charge in [-0.25, -0.2) is 0 Å². The van der Waals surface area contributed by atoms with Gasteiger partial charge in [0.1, 0.15) is 0 Å². The summed E-state index contributed by atoms with van der Waals surface area (Å²) in [7, 11) is 0. The lowest BCUT2D eigenvalue weighted by Crippen LogP contribution is -2.52. The third kappa shape index (κ3) is 3.30. The molecule has 0 amide bonds. The molecule has 4 heteroatoms. The number of carboxylic acid groups (broad SMARTS) is 2. The van der Waals surface area contributed by atoms with Crippen molar-refractivity contribution in [3.05, 3.63) is 12.2 Å². The van der Waals surface area contributed by atoms with Crippen LogP contribution >= 0.6 is 0 Å². The van der Waals surface area contributed by atoms with E-state index in [-0.39, 0.29) is 5.92 Å². The normalized spacial score (nSPS) is 30.0. The minimum atomic E-state index is -1.23. The lowest BCUT2D eigenvalue weighted by Gasteiger charge is -2.45. The lowest BCUT2D eigenvalue weighted by atomic mass is 9.55.